The van der Waals surface area contributed by atoms with Crippen molar-refractivity contribution < 1.29 is 9.53 Å². The van der Waals surface area contributed by atoms with Crippen LogP contribution in [0.4, 0.5) is 5.82 Å². The lowest BCUT2D eigenvalue weighted by Gasteiger charge is -2.12. The molecule has 0 saturated carbocycles. The van der Waals surface area contributed by atoms with E-state index >= 15 is 0 Å². The van der Waals surface area contributed by atoms with E-state index in [1.165, 1.54) is 13.3 Å². The number of halogens is 2. The van der Waals surface area contributed by atoms with Crippen molar-refractivity contribution in [1.29, 1.82) is 0 Å². The number of amides is 1. The van der Waals surface area contributed by atoms with Gasteiger partial charge in [-0.2, -0.15) is 0 Å². The quantitative estimate of drug-likeness (QED) is 0.651. The second-order valence-corrected chi connectivity index (χ2v) is 4.61. The molecular formula is C11H16Cl2N4O2. The van der Waals surface area contributed by atoms with E-state index in [2.05, 4.69) is 15.6 Å². The molecule has 0 aromatic carbocycles. The van der Waals surface area contributed by atoms with Gasteiger partial charge in [0.15, 0.2) is 0 Å². The van der Waals surface area contributed by atoms with E-state index in [9.17, 15) is 4.79 Å². The number of nitrogens with two attached hydrogens (primary N) is 1. The average molecular weight is 307 g/mol. The minimum absolute atomic E-state index is 0.184. The molecular weight excluding hydrogens is 291 g/mol. The molecule has 1 aromatic heterocycles. The number of aromatic nitrogens is 1. The molecule has 0 spiro atoms. The number of methoxy groups -OCH3 is 1. The van der Waals surface area contributed by atoms with Gasteiger partial charge < -0.3 is 21.1 Å². The molecule has 1 heterocycles. The molecule has 0 bridgehead atoms. The number of carbonyl (C=O) groups is 1. The first-order chi connectivity index (χ1) is 9.04. The fourth-order valence-corrected chi connectivity index (χ4v) is 1.74. The summed E-state index contributed by atoms with van der Waals surface area (Å²) in [7, 11) is 1.49. The molecule has 1 atom stereocenters. The van der Waals surface area contributed by atoms with Crippen LogP contribution in [0.5, 0.6) is 0 Å². The van der Waals surface area contributed by atoms with Gasteiger partial charge in [-0.3, -0.25) is 4.79 Å². The highest BCUT2D eigenvalue weighted by Gasteiger charge is 2.11. The van der Waals surface area contributed by atoms with Crippen molar-refractivity contribution in [2.75, 3.05) is 32.1 Å². The smallest absolute Gasteiger partial charge is 0.239 e. The Morgan fingerprint density at radius 2 is 2.26 bits per heavy atom. The van der Waals surface area contributed by atoms with Gasteiger partial charge in [-0.15, -0.1) is 0 Å². The Balaban J connectivity index is 2.29. The van der Waals surface area contributed by atoms with E-state index in [1.807, 2.05) is 0 Å². The monoisotopic (exact) mass is 306 g/mol. The van der Waals surface area contributed by atoms with Crippen molar-refractivity contribution in [3.05, 3.63) is 22.3 Å². The first-order valence-corrected chi connectivity index (χ1v) is 6.37. The molecule has 8 heteroatoms. The van der Waals surface area contributed by atoms with Crippen molar-refractivity contribution >= 4 is 34.9 Å². The van der Waals surface area contributed by atoms with Crippen molar-refractivity contribution in [1.82, 2.24) is 10.3 Å². The maximum atomic E-state index is 11.5. The average Bonchev–Trinajstić information content (AvgIpc) is 2.36. The van der Waals surface area contributed by atoms with E-state index in [0.717, 1.165) is 0 Å². The highest BCUT2D eigenvalue weighted by molar-refractivity contribution is 6.35. The molecule has 6 nitrogen and oxygen atoms in total. The number of pyridine rings is 1. The summed E-state index contributed by atoms with van der Waals surface area (Å²) in [6.45, 7) is 1.06. The van der Waals surface area contributed by atoms with Gasteiger partial charge in [0.05, 0.1) is 16.7 Å². The summed E-state index contributed by atoms with van der Waals surface area (Å²) in [6, 6.07) is 0.924. The van der Waals surface area contributed by atoms with Crippen LogP contribution in [0.25, 0.3) is 0 Å². The van der Waals surface area contributed by atoms with Gasteiger partial charge in [-0.1, -0.05) is 23.2 Å². The van der Waals surface area contributed by atoms with Crippen molar-refractivity contribution in [2.24, 2.45) is 5.73 Å². The van der Waals surface area contributed by atoms with Gasteiger partial charge in [0, 0.05) is 26.4 Å². The SMILES string of the molecule is COCC(N)C(=O)NCCNc1ncc(Cl)cc1Cl. The number of nitrogens with one attached hydrogen (secondary N) is 2. The Morgan fingerprint density at radius 3 is 2.89 bits per heavy atom. The second-order valence-electron chi connectivity index (χ2n) is 3.76. The molecule has 4 N–H and O–H groups in total. The van der Waals surface area contributed by atoms with Crippen molar-refractivity contribution in [2.45, 2.75) is 6.04 Å². The summed E-state index contributed by atoms with van der Waals surface area (Å²) >= 11 is 11.7. The van der Waals surface area contributed by atoms with E-state index in [0.29, 0.717) is 29.0 Å². The van der Waals surface area contributed by atoms with E-state index < -0.39 is 6.04 Å². The minimum atomic E-state index is -0.665. The summed E-state index contributed by atoms with van der Waals surface area (Å²) in [5.41, 5.74) is 5.56. The number of nitrogens with zero attached hydrogens (tertiary/aromatic N) is 1. The van der Waals surface area contributed by atoms with Crippen LogP contribution in [-0.2, 0) is 9.53 Å². The molecule has 0 aliphatic rings. The van der Waals surface area contributed by atoms with Gasteiger partial charge >= 0.3 is 0 Å². The number of ether oxygens (including phenoxy) is 1. The molecule has 0 fully saturated rings. The van der Waals surface area contributed by atoms with Crippen molar-refractivity contribution in [3.8, 4) is 0 Å². The highest BCUT2D eigenvalue weighted by atomic mass is 35.5. The fourth-order valence-electron chi connectivity index (χ4n) is 1.30. The molecule has 1 rings (SSSR count). The minimum Gasteiger partial charge on any atom is -0.383 e. The summed E-state index contributed by atoms with van der Waals surface area (Å²) < 4.78 is 4.79. The third-order valence-electron chi connectivity index (χ3n) is 2.21. The van der Waals surface area contributed by atoms with Gasteiger partial charge in [0.1, 0.15) is 11.9 Å². The number of hydrogen-bond donors (Lipinski definition) is 3. The fraction of sp³-hybridized carbons (Fsp3) is 0.455. The molecule has 0 saturated heterocycles. The van der Waals surface area contributed by atoms with Gasteiger partial charge in [-0.25, -0.2) is 4.98 Å². The Hall–Kier alpha value is -1.08. The maximum absolute atomic E-state index is 11.5. The van der Waals surface area contributed by atoms with Crippen LogP contribution in [0.15, 0.2) is 12.3 Å². The zero-order chi connectivity index (χ0) is 14.3. The molecule has 1 aromatic rings. The number of hydrogen-bond acceptors (Lipinski definition) is 5. The molecule has 1 amide bonds. The largest absolute Gasteiger partial charge is 0.383 e. The highest BCUT2D eigenvalue weighted by Crippen LogP contribution is 2.21. The Kier molecular flexibility index (Phi) is 6.86. The van der Waals surface area contributed by atoms with Gasteiger partial charge in [0.25, 0.3) is 0 Å². The molecule has 0 radical (unpaired) electrons. The number of rotatable bonds is 7. The number of carbonyl (C=O) groups excluding carboxylic acids is 1. The zero-order valence-corrected chi connectivity index (χ0v) is 12.0. The van der Waals surface area contributed by atoms with Crippen LogP contribution < -0.4 is 16.4 Å². The molecule has 0 aliphatic heterocycles. The maximum Gasteiger partial charge on any atom is 0.239 e. The first kappa shape index (κ1) is 16.0. The van der Waals surface area contributed by atoms with Crippen LogP contribution in [0.1, 0.15) is 0 Å². The molecule has 106 valence electrons. The summed E-state index contributed by atoms with van der Waals surface area (Å²) in [4.78, 5) is 15.5. The van der Waals surface area contributed by atoms with Crippen molar-refractivity contribution in [3.63, 3.8) is 0 Å². The van der Waals surface area contributed by atoms with Crippen LogP contribution in [-0.4, -0.2) is 43.7 Å². The second kappa shape index (κ2) is 8.16. The van der Waals surface area contributed by atoms with Crippen LogP contribution in [0, 0.1) is 0 Å². The van der Waals surface area contributed by atoms with Gasteiger partial charge in [-0.05, 0) is 6.07 Å². The lowest BCUT2D eigenvalue weighted by molar-refractivity contribution is -0.123. The van der Waals surface area contributed by atoms with E-state index in [4.69, 9.17) is 33.7 Å². The first-order valence-electron chi connectivity index (χ1n) is 5.61. The summed E-state index contributed by atoms with van der Waals surface area (Å²) in [6.07, 6.45) is 1.49. The van der Waals surface area contributed by atoms with E-state index in [1.54, 1.807) is 6.07 Å². The summed E-state index contributed by atoms with van der Waals surface area (Å²) in [5.74, 6) is 0.250. The van der Waals surface area contributed by atoms with Gasteiger partial charge in [0.2, 0.25) is 5.91 Å². The third-order valence-corrected chi connectivity index (χ3v) is 2.70. The Bertz CT molecular complexity index is 431. The van der Waals surface area contributed by atoms with Crippen LogP contribution in [0.3, 0.4) is 0 Å². The number of anilines is 1. The predicted octanol–water partition coefficient (Wildman–Crippen LogP) is 0.890. The predicted molar refractivity (Wildman–Crippen MR) is 75.6 cm³/mol. The Morgan fingerprint density at radius 1 is 1.53 bits per heavy atom. The zero-order valence-electron chi connectivity index (χ0n) is 10.5. The summed E-state index contributed by atoms with van der Waals surface area (Å²) in [5, 5.41) is 6.54. The normalized spacial score (nSPS) is 12.0. The standard InChI is InChI=1S/C11H16Cl2N4O2/c1-19-6-9(14)11(18)16-3-2-15-10-8(13)4-7(12)5-17-10/h4-5,9H,2-3,6,14H2,1H3,(H,15,17)(H,16,18). The lowest BCUT2D eigenvalue weighted by Crippen LogP contribution is -2.44. The van der Waals surface area contributed by atoms with E-state index in [-0.39, 0.29) is 12.5 Å². The van der Waals surface area contributed by atoms with Crippen LogP contribution >= 0.6 is 23.2 Å². The molecule has 19 heavy (non-hydrogen) atoms. The topological polar surface area (TPSA) is 89.3 Å². The third kappa shape index (κ3) is 5.61. The lowest BCUT2D eigenvalue weighted by atomic mass is 10.3. The molecule has 0 aliphatic carbocycles. The van der Waals surface area contributed by atoms with Crippen LogP contribution in [0.2, 0.25) is 10.0 Å². The Labute approximate surface area is 121 Å². The molecule has 1 unspecified atom stereocenters.